The van der Waals surface area contributed by atoms with Crippen LogP contribution in [0.1, 0.15) is 69.8 Å². The third-order valence-corrected chi connectivity index (χ3v) is 7.31. The van der Waals surface area contributed by atoms with Gasteiger partial charge in [0, 0.05) is 43.6 Å². The van der Waals surface area contributed by atoms with Crippen molar-refractivity contribution < 1.29 is 19.0 Å². The predicted octanol–water partition coefficient (Wildman–Crippen LogP) is 5.71. The molecule has 1 atom stereocenters. The van der Waals surface area contributed by atoms with E-state index in [-0.39, 0.29) is 6.10 Å². The summed E-state index contributed by atoms with van der Waals surface area (Å²) in [5, 5.41) is 6.42. The minimum Gasteiger partial charge on any atom is -0.495 e. The summed E-state index contributed by atoms with van der Waals surface area (Å²) in [4.78, 5) is 22.1. The van der Waals surface area contributed by atoms with E-state index >= 15 is 0 Å². The number of rotatable bonds is 11. The van der Waals surface area contributed by atoms with Crippen molar-refractivity contribution in [1.82, 2.24) is 19.7 Å². The molecule has 0 radical (unpaired) electrons. The van der Waals surface area contributed by atoms with Gasteiger partial charge in [-0.15, -0.1) is 0 Å². The molecule has 9 heteroatoms. The molecule has 2 N–H and O–H groups in total. The van der Waals surface area contributed by atoms with E-state index in [1.54, 1.807) is 14.2 Å². The van der Waals surface area contributed by atoms with Gasteiger partial charge in [0.25, 0.3) is 0 Å². The van der Waals surface area contributed by atoms with Gasteiger partial charge in [0.05, 0.1) is 36.3 Å². The van der Waals surface area contributed by atoms with Gasteiger partial charge in [0.1, 0.15) is 17.7 Å². The van der Waals surface area contributed by atoms with Crippen LogP contribution in [0.3, 0.4) is 0 Å². The quantitative estimate of drug-likeness (QED) is 0.311. The molecule has 2 heterocycles. The third kappa shape index (κ3) is 6.45. The van der Waals surface area contributed by atoms with Crippen LogP contribution in [-0.4, -0.2) is 60.0 Å². The summed E-state index contributed by atoms with van der Waals surface area (Å²) in [5.41, 5.74) is 4.26. The molecule has 0 aliphatic heterocycles. The number of imidazole rings is 1. The van der Waals surface area contributed by atoms with Crippen molar-refractivity contribution in [3.05, 3.63) is 42.1 Å². The van der Waals surface area contributed by atoms with Gasteiger partial charge in [0.15, 0.2) is 0 Å². The first-order chi connectivity index (χ1) is 18.4. The summed E-state index contributed by atoms with van der Waals surface area (Å²) in [7, 11) is 3.33. The number of fused-ring (bicyclic) bond motifs is 1. The number of carbonyl (C=O) groups excluding carboxylic acids is 1. The van der Waals surface area contributed by atoms with Crippen LogP contribution >= 0.6 is 0 Å². The molecular formula is C29H41N5O4. The Bertz CT molecular complexity index is 1220. The summed E-state index contributed by atoms with van der Waals surface area (Å²) in [6.45, 7) is 7.59. The Balaban J connectivity index is 1.58. The molecule has 206 valence electrons. The highest BCUT2D eigenvalue weighted by atomic mass is 16.6. The van der Waals surface area contributed by atoms with Crippen molar-refractivity contribution in [3.8, 4) is 17.0 Å². The molecule has 1 aliphatic rings. The second kappa shape index (κ2) is 13.1. The van der Waals surface area contributed by atoms with Crippen molar-refractivity contribution in [2.45, 2.75) is 77.4 Å². The standard InChI is InChI=1S/C29H41N5O4/c1-6-7-19(2)38-29(35)32-24-13-10-22(18-25(24)37-5)26-27-20(3)30-14-16-34(27)28(33-26)21-8-11-23(12-9-21)31-15-17-36-4/h10,13-14,16,18-19,21,23,31H,6-9,11-12,15,17H2,1-5H3,(H,32,35)/t19-,21-,23-/m0/s1. The van der Waals surface area contributed by atoms with E-state index < -0.39 is 6.09 Å². The Morgan fingerprint density at radius 3 is 2.71 bits per heavy atom. The molecule has 0 spiro atoms. The van der Waals surface area contributed by atoms with Gasteiger partial charge in [-0.2, -0.15) is 0 Å². The molecule has 1 saturated carbocycles. The lowest BCUT2D eigenvalue weighted by Crippen LogP contribution is -2.35. The predicted molar refractivity (Wildman–Crippen MR) is 149 cm³/mol. The van der Waals surface area contributed by atoms with E-state index in [1.165, 1.54) is 0 Å². The number of nitrogens with one attached hydrogen (secondary N) is 2. The highest BCUT2D eigenvalue weighted by Gasteiger charge is 2.27. The number of aromatic nitrogens is 3. The van der Waals surface area contributed by atoms with E-state index in [1.807, 2.05) is 44.4 Å². The Hall–Kier alpha value is -3.17. The molecule has 1 fully saturated rings. The van der Waals surface area contributed by atoms with Gasteiger partial charge in [-0.25, -0.2) is 9.78 Å². The molecule has 0 bridgehead atoms. The number of ether oxygens (including phenoxy) is 3. The minimum atomic E-state index is -0.487. The minimum absolute atomic E-state index is 0.146. The van der Waals surface area contributed by atoms with Gasteiger partial charge in [-0.1, -0.05) is 19.4 Å². The summed E-state index contributed by atoms with van der Waals surface area (Å²) >= 11 is 0. The Morgan fingerprint density at radius 2 is 2.00 bits per heavy atom. The number of nitrogens with zero attached hydrogens (tertiary/aromatic N) is 3. The van der Waals surface area contributed by atoms with Gasteiger partial charge in [-0.3, -0.25) is 14.7 Å². The van der Waals surface area contributed by atoms with E-state index in [0.29, 0.717) is 23.4 Å². The second-order valence-electron chi connectivity index (χ2n) is 10.1. The van der Waals surface area contributed by atoms with Crippen molar-refractivity contribution in [1.29, 1.82) is 0 Å². The van der Waals surface area contributed by atoms with Crippen molar-refractivity contribution in [3.63, 3.8) is 0 Å². The molecule has 38 heavy (non-hydrogen) atoms. The van der Waals surface area contributed by atoms with Gasteiger partial charge in [0.2, 0.25) is 0 Å². The maximum absolute atomic E-state index is 12.4. The number of methoxy groups -OCH3 is 2. The van der Waals surface area contributed by atoms with Crippen LogP contribution in [0, 0.1) is 6.92 Å². The molecular weight excluding hydrogens is 482 g/mol. The van der Waals surface area contributed by atoms with Gasteiger partial charge in [-0.05, 0) is 58.1 Å². The van der Waals surface area contributed by atoms with E-state index in [9.17, 15) is 4.79 Å². The van der Waals surface area contributed by atoms with Crippen molar-refractivity contribution in [2.24, 2.45) is 0 Å². The van der Waals surface area contributed by atoms with E-state index in [2.05, 4.69) is 26.9 Å². The normalized spacial score (nSPS) is 18.3. The smallest absolute Gasteiger partial charge is 0.412 e. The van der Waals surface area contributed by atoms with Crippen LogP contribution in [0.2, 0.25) is 0 Å². The molecule has 1 aliphatic carbocycles. The monoisotopic (exact) mass is 523 g/mol. The zero-order chi connectivity index (χ0) is 27.1. The third-order valence-electron chi connectivity index (χ3n) is 7.31. The number of hydrogen-bond acceptors (Lipinski definition) is 7. The van der Waals surface area contributed by atoms with E-state index in [0.717, 1.165) is 80.0 Å². The maximum atomic E-state index is 12.4. The topological polar surface area (TPSA) is 99.0 Å². The van der Waals surface area contributed by atoms with Crippen LogP contribution in [0.15, 0.2) is 30.6 Å². The fourth-order valence-electron chi connectivity index (χ4n) is 5.36. The van der Waals surface area contributed by atoms with Gasteiger partial charge < -0.3 is 19.5 Å². The van der Waals surface area contributed by atoms with Crippen LogP contribution in [0.4, 0.5) is 10.5 Å². The zero-order valence-electron chi connectivity index (χ0n) is 23.3. The average Bonchev–Trinajstić information content (AvgIpc) is 3.30. The molecule has 9 nitrogen and oxygen atoms in total. The molecule has 2 aromatic heterocycles. The maximum Gasteiger partial charge on any atom is 0.412 e. The first-order valence-corrected chi connectivity index (χ1v) is 13.7. The second-order valence-corrected chi connectivity index (χ2v) is 10.1. The fourth-order valence-corrected chi connectivity index (χ4v) is 5.36. The number of hydrogen-bond donors (Lipinski definition) is 2. The largest absolute Gasteiger partial charge is 0.495 e. The summed E-state index contributed by atoms with van der Waals surface area (Å²) in [6, 6.07) is 6.24. The highest BCUT2D eigenvalue weighted by Crippen LogP contribution is 2.38. The molecule has 1 aromatic carbocycles. The van der Waals surface area contributed by atoms with Crippen molar-refractivity contribution >= 4 is 17.3 Å². The lowest BCUT2D eigenvalue weighted by molar-refractivity contribution is 0.115. The van der Waals surface area contributed by atoms with E-state index in [4.69, 9.17) is 19.2 Å². The van der Waals surface area contributed by atoms with Crippen LogP contribution in [-0.2, 0) is 9.47 Å². The number of anilines is 1. The zero-order valence-corrected chi connectivity index (χ0v) is 23.3. The van der Waals surface area contributed by atoms with Crippen LogP contribution in [0.25, 0.3) is 16.8 Å². The van der Waals surface area contributed by atoms with Crippen LogP contribution < -0.4 is 15.4 Å². The first-order valence-electron chi connectivity index (χ1n) is 13.7. The average molecular weight is 524 g/mol. The number of benzene rings is 1. The first kappa shape index (κ1) is 27.9. The van der Waals surface area contributed by atoms with Gasteiger partial charge >= 0.3 is 6.09 Å². The summed E-state index contributed by atoms with van der Waals surface area (Å²) in [6.07, 6.45) is 9.38. The van der Waals surface area contributed by atoms with Crippen LogP contribution in [0.5, 0.6) is 5.75 Å². The Labute approximate surface area is 225 Å². The summed E-state index contributed by atoms with van der Waals surface area (Å²) in [5.74, 6) is 2.00. The molecule has 1 amide bonds. The lowest BCUT2D eigenvalue weighted by Gasteiger charge is -2.28. The molecule has 3 aromatic rings. The fraction of sp³-hybridized carbons (Fsp3) is 0.552. The Kier molecular flexibility index (Phi) is 9.58. The summed E-state index contributed by atoms with van der Waals surface area (Å²) < 4.78 is 18.5. The highest BCUT2D eigenvalue weighted by molar-refractivity contribution is 5.89. The number of aryl methyl sites for hydroxylation is 1. The Morgan fingerprint density at radius 1 is 1.21 bits per heavy atom. The SMILES string of the molecule is CCC[C@H](C)OC(=O)Nc1ccc(-c2nc([C@H]3CC[C@H](NCCOC)CC3)n3ccnc(C)c23)cc1OC. The lowest BCUT2D eigenvalue weighted by atomic mass is 9.85. The molecule has 4 rings (SSSR count). The number of amides is 1. The van der Waals surface area contributed by atoms with Crippen molar-refractivity contribution in [2.75, 3.05) is 32.7 Å². The molecule has 0 unspecified atom stereocenters. The molecule has 0 saturated heterocycles. The number of carbonyl (C=O) groups is 1.